The lowest BCUT2D eigenvalue weighted by atomic mass is 10.2. The molecule has 6 heteroatoms. The quantitative estimate of drug-likeness (QED) is 0.742. The van der Waals surface area contributed by atoms with Crippen LogP contribution in [0.2, 0.25) is 0 Å². The number of hydrogen-bond acceptors (Lipinski definition) is 2. The number of halogens is 3. The third-order valence-electron chi connectivity index (χ3n) is 2.80. The van der Waals surface area contributed by atoms with E-state index in [1.807, 2.05) is 0 Å². The number of benzene rings is 2. The summed E-state index contributed by atoms with van der Waals surface area (Å²) < 4.78 is 28.8. The van der Waals surface area contributed by atoms with Crippen molar-refractivity contribution in [2.24, 2.45) is 0 Å². The highest BCUT2D eigenvalue weighted by Gasteiger charge is 2.12. The SMILES string of the molecule is Nc1nc2ccc(F)cc2n1-c1ccc(Br)c(F)c1. The number of imidazole rings is 1. The zero-order valence-electron chi connectivity index (χ0n) is 9.57. The van der Waals surface area contributed by atoms with Crippen molar-refractivity contribution in [3.05, 3.63) is 52.5 Å². The first-order valence-corrected chi connectivity index (χ1v) is 6.24. The highest BCUT2D eigenvalue weighted by Crippen LogP contribution is 2.26. The maximum absolute atomic E-state index is 13.6. The van der Waals surface area contributed by atoms with Crippen LogP contribution in [0.15, 0.2) is 40.9 Å². The van der Waals surface area contributed by atoms with E-state index in [-0.39, 0.29) is 5.95 Å². The Hall–Kier alpha value is -1.95. The van der Waals surface area contributed by atoms with E-state index in [0.717, 1.165) is 0 Å². The van der Waals surface area contributed by atoms with Crippen molar-refractivity contribution in [3.63, 3.8) is 0 Å². The van der Waals surface area contributed by atoms with Gasteiger partial charge in [0.1, 0.15) is 11.6 Å². The maximum atomic E-state index is 13.6. The molecule has 1 aromatic heterocycles. The van der Waals surface area contributed by atoms with Gasteiger partial charge in [0.15, 0.2) is 0 Å². The van der Waals surface area contributed by atoms with Crippen LogP contribution in [0.3, 0.4) is 0 Å². The first-order chi connectivity index (χ1) is 9.06. The molecule has 0 aliphatic heterocycles. The number of fused-ring (bicyclic) bond motifs is 1. The molecule has 3 aromatic rings. The second-order valence-electron chi connectivity index (χ2n) is 4.04. The molecule has 2 N–H and O–H groups in total. The topological polar surface area (TPSA) is 43.8 Å². The summed E-state index contributed by atoms with van der Waals surface area (Å²) >= 11 is 3.08. The van der Waals surface area contributed by atoms with Crippen molar-refractivity contribution >= 4 is 32.9 Å². The fraction of sp³-hybridized carbons (Fsp3) is 0. The van der Waals surface area contributed by atoms with Crippen LogP contribution in [0, 0.1) is 11.6 Å². The van der Waals surface area contributed by atoms with Gasteiger partial charge in [-0.2, -0.15) is 0 Å². The number of anilines is 1. The van der Waals surface area contributed by atoms with E-state index < -0.39 is 11.6 Å². The molecular formula is C13H8BrF2N3. The van der Waals surface area contributed by atoms with Gasteiger partial charge in [-0.15, -0.1) is 0 Å². The van der Waals surface area contributed by atoms with Crippen molar-refractivity contribution in [2.45, 2.75) is 0 Å². The van der Waals surface area contributed by atoms with Gasteiger partial charge >= 0.3 is 0 Å². The normalized spacial score (nSPS) is 11.1. The minimum atomic E-state index is -0.421. The Labute approximate surface area is 115 Å². The fourth-order valence-electron chi connectivity index (χ4n) is 1.96. The summed E-state index contributed by atoms with van der Waals surface area (Å²) in [7, 11) is 0. The Bertz CT molecular complexity index is 783. The minimum Gasteiger partial charge on any atom is -0.369 e. The number of nitrogens with two attached hydrogens (primary N) is 1. The molecule has 0 saturated carbocycles. The zero-order chi connectivity index (χ0) is 13.6. The van der Waals surface area contributed by atoms with Gasteiger partial charge in [-0.1, -0.05) is 0 Å². The molecule has 0 fully saturated rings. The molecule has 0 unspecified atom stereocenters. The number of rotatable bonds is 1. The molecule has 0 bridgehead atoms. The highest BCUT2D eigenvalue weighted by atomic mass is 79.9. The molecule has 0 aliphatic carbocycles. The van der Waals surface area contributed by atoms with E-state index in [0.29, 0.717) is 21.2 Å². The van der Waals surface area contributed by atoms with Gasteiger partial charge < -0.3 is 5.73 Å². The molecule has 1 heterocycles. The summed E-state index contributed by atoms with van der Waals surface area (Å²) in [6.07, 6.45) is 0. The average Bonchev–Trinajstić information content (AvgIpc) is 2.68. The highest BCUT2D eigenvalue weighted by molar-refractivity contribution is 9.10. The molecule has 3 rings (SSSR count). The molecule has 0 radical (unpaired) electrons. The van der Waals surface area contributed by atoms with Gasteiger partial charge in [0.2, 0.25) is 5.95 Å². The summed E-state index contributed by atoms with van der Waals surface area (Å²) in [5.74, 6) is -0.635. The van der Waals surface area contributed by atoms with Crippen molar-refractivity contribution in [2.75, 3.05) is 5.73 Å². The average molecular weight is 324 g/mol. The maximum Gasteiger partial charge on any atom is 0.205 e. The summed E-state index contributed by atoms with van der Waals surface area (Å²) in [5.41, 5.74) is 7.37. The van der Waals surface area contributed by atoms with Gasteiger partial charge in [-0.05, 0) is 46.3 Å². The van der Waals surface area contributed by atoms with Crippen LogP contribution < -0.4 is 5.73 Å². The van der Waals surface area contributed by atoms with Crippen molar-refractivity contribution in [3.8, 4) is 5.69 Å². The monoisotopic (exact) mass is 323 g/mol. The summed E-state index contributed by atoms with van der Waals surface area (Å²) in [4.78, 5) is 4.12. The van der Waals surface area contributed by atoms with E-state index >= 15 is 0 Å². The van der Waals surface area contributed by atoms with Crippen LogP contribution in [0.1, 0.15) is 0 Å². The Kier molecular flexibility index (Phi) is 2.74. The molecule has 96 valence electrons. The Morgan fingerprint density at radius 1 is 1.11 bits per heavy atom. The van der Waals surface area contributed by atoms with Crippen molar-refractivity contribution in [1.82, 2.24) is 9.55 Å². The molecule has 0 aliphatic rings. The van der Waals surface area contributed by atoms with Crippen LogP contribution in [-0.2, 0) is 0 Å². The lowest BCUT2D eigenvalue weighted by Crippen LogP contribution is -2.01. The molecule has 0 spiro atoms. The Balaban J connectivity index is 2.31. The van der Waals surface area contributed by atoms with E-state index in [9.17, 15) is 8.78 Å². The van der Waals surface area contributed by atoms with Gasteiger partial charge in [-0.25, -0.2) is 13.8 Å². The van der Waals surface area contributed by atoms with E-state index in [2.05, 4.69) is 20.9 Å². The first kappa shape index (κ1) is 12.1. The summed E-state index contributed by atoms with van der Waals surface area (Å²) in [6, 6.07) is 8.71. The second-order valence-corrected chi connectivity index (χ2v) is 4.89. The van der Waals surface area contributed by atoms with Crippen LogP contribution in [0.4, 0.5) is 14.7 Å². The third kappa shape index (κ3) is 1.98. The predicted octanol–water partition coefficient (Wildman–Crippen LogP) is 3.65. The predicted molar refractivity (Wildman–Crippen MR) is 73.1 cm³/mol. The minimum absolute atomic E-state index is 0.183. The van der Waals surface area contributed by atoms with Crippen molar-refractivity contribution < 1.29 is 8.78 Å². The first-order valence-electron chi connectivity index (χ1n) is 5.45. The van der Waals surface area contributed by atoms with Crippen LogP contribution in [-0.4, -0.2) is 9.55 Å². The molecule has 19 heavy (non-hydrogen) atoms. The smallest absolute Gasteiger partial charge is 0.205 e. The molecule has 0 saturated heterocycles. The van der Waals surface area contributed by atoms with Crippen LogP contribution in [0.5, 0.6) is 0 Å². The third-order valence-corrected chi connectivity index (χ3v) is 3.45. The van der Waals surface area contributed by atoms with E-state index in [4.69, 9.17) is 5.73 Å². The molecule has 0 amide bonds. The number of nitrogens with zero attached hydrogens (tertiary/aromatic N) is 2. The van der Waals surface area contributed by atoms with Gasteiger partial charge in [0.25, 0.3) is 0 Å². The standard InChI is InChI=1S/C13H8BrF2N3/c14-9-3-2-8(6-10(9)16)19-12-5-7(15)1-4-11(12)18-13(19)17/h1-6H,(H2,17,18). The largest absolute Gasteiger partial charge is 0.369 e. The van der Waals surface area contributed by atoms with Gasteiger partial charge in [0, 0.05) is 6.07 Å². The molecule has 2 aromatic carbocycles. The Morgan fingerprint density at radius 3 is 2.63 bits per heavy atom. The second kappa shape index (κ2) is 4.31. The Morgan fingerprint density at radius 2 is 1.89 bits per heavy atom. The summed E-state index contributed by atoms with van der Waals surface area (Å²) in [5, 5.41) is 0. The van der Waals surface area contributed by atoms with E-state index in [1.165, 1.54) is 28.8 Å². The number of nitrogen functional groups attached to an aromatic ring is 1. The molecule has 0 atom stereocenters. The zero-order valence-corrected chi connectivity index (χ0v) is 11.2. The fourth-order valence-corrected chi connectivity index (χ4v) is 2.21. The van der Waals surface area contributed by atoms with Crippen LogP contribution >= 0.6 is 15.9 Å². The lowest BCUT2D eigenvalue weighted by Gasteiger charge is -2.07. The number of hydrogen-bond donors (Lipinski definition) is 1. The summed E-state index contributed by atoms with van der Waals surface area (Å²) in [6.45, 7) is 0. The molecular weight excluding hydrogens is 316 g/mol. The van der Waals surface area contributed by atoms with Crippen LogP contribution in [0.25, 0.3) is 16.7 Å². The molecule has 3 nitrogen and oxygen atoms in total. The number of aromatic nitrogens is 2. The van der Waals surface area contributed by atoms with Gasteiger partial charge in [0.05, 0.1) is 21.2 Å². The lowest BCUT2D eigenvalue weighted by molar-refractivity contribution is 0.620. The van der Waals surface area contributed by atoms with Crippen molar-refractivity contribution in [1.29, 1.82) is 0 Å². The van der Waals surface area contributed by atoms with E-state index in [1.54, 1.807) is 12.1 Å². The van der Waals surface area contributed by atoms with Gasteiger partial charge in [-0.3, -0.25) is 4.57 Å².